The summed E-state index contributed by atoms with van der Waals surface area (Å²) in [5, 5.41) is 13.6. The van der Waals surface area contributed by atoms with Crippen LogP contribution in [-0.2, 0) is 19.1 Å². The van der Waals surface area contributed by atoms with Gasteiger partial charge in [0.1, 0.15) is 12.3 Å². The predicted molar refractivity (Wildman–Crippen MR) is 106 cm³/mol. The second kappa shape index (κ2) is 11.5. The smallest absolute Gasteiger partial charge is 0.325 e. The van der Waals surface area contributed by atoms with Gasteiger partial charge < -0.3 is 14.8 Å². The lowest BCUT2D eigenvalue weighted by molar-refractivity contribution is -0.143. The Bertz CT molecular complexity index is 816. The van der Waals surface area contributed by atoms with Crippen LogP contribution in [0.5, 0.6) is 5.75 Å². The van der Waals surface area contributed by atoms with E-state index in [4.69, 9.17) is 21.1 Å². The Morgan fingerprint density at radius 3 is 2.64 bits per heavy atom. The van der Waals surface area contributed by atoms with E-state index in [1.54, 1.807) is 31.2 Å². The van der Waals surface area contributed by atoms with E-state index in [-0.39, 0.29) is 31.4 Å². The van der Waals surface area contributed by atoms with Gasteiger partial charge in [0.2, 0.25) is 11.0 Å². The first-order chi connectivity index (χ1) is 13.5. The first kappa shape index (κ1) is 21.9. The maximum absolute atomic E-state index is 11.9. The number of aromatic nitrogens is 2. The number of nitrogens with zero attached hydrogens (tertiary/aromatic N) is 2. The van der Waals surface area contributed by atoms with Crippen molar-refractivity contribution in [1.29, 1.82) is 0 Å². The average molecular weight is 445 g/mol. The minimum absolute atomic E-state index is 0.0572. The Labute approximate surface area is 174 Å². The van der Waals surface area contributed by atoms with E-state index < -0.39 is 11.9 Å². The topological polar surface area (TPSA) is 120 Å². The van der Waals surface area contributed by atoms with Gasteiger partial charge in [0.05, 0.1) is 12.4 Å². The molecule has 0 aliphatic rings. The molecule has 0 atom stereocenters. The van der Waals surface area contributed by atoms with Gasteiger partial charge in [0, 0.05) is 5.02 Å². The lowest BCUT2D eigenvalue weighted by atomic mass is 10.3. The van der Waals surface area contributed by atoms with Crippen LogP contribution < -0.4 is 15.4 Å². The molecule has 0 fully saturated rings. The van der Waals surface area contributed by atoms with E-state index in [1.807, 2.05) is 0 Å². The van der Waals surface area contributed by atoms with Gasteiger partial charge in [-0.1, -0.05) is 34.7 Å². The first-order valence-corrected chi connectivity index (χ1v) is 10.2. The molecule has 0 spiro atoms. The number of carbonyl (C=O) groups is 3. The first-order valence-electron chi connectivity index (χ1n) is 8.03. The summed E-state index contributed by atoms with van der Waals surface area (Å²) in [5.41, 5.74) is 0. The number of amides is 2. The summed E-state index contributed by atoms with van der Waals surface area (Å²) in [6, 6.07) is 6.63. The molecule has 0 aliphatic carbocycles. The van der Waals surface area contributed by atoms with Crippen LogP contribution in [-0.4, -0.2) is 53.5 Å². The molecule has 1 aromatic heterocycles. The number of hydrogen-bond donors (Lipinski definition) is 2. The van der Waals surface area contributed by atoms with Gasteiger partial charge in [0.25, 0.3) is 5.91 Å². The number of esters is 1. The van der Waals surface area contributed by atoms with Crippen molar-refractivity contribution in [3.8, 4) is 5.75 Å². The zero-order valence-corrected chi connectivity index (χ0v) is 17.2. The molecule has 2 aromatic rings. The van der Waals surface area contributed by atoms with Crippen LogP contribution in [0.3, 0.4) is 0 Å². The third-order valence-electron chi connectivity index (χ3n) is 2.90. The van der Waals surface area contributed by atoms with E-state index in [0.717, 1.165) is 23.1 Å². The van der Waals surface area contributed by atoms with Crippen molar-refractivity contribution in [3.05, 3.63) is 29.3 Å². The SMILES string of the molecule is CCOC(=O)CNC(=O)CSc1nnc(NC(=O)COc2ccc(Cl)cc2)s1. The summed E-state index contributed by atoms with van der Waals surface area (Å²) in [6.45, 7) is 1.57. The summed E-state index contributed by atoms with van der Waals surface area (Å²) in [4.78, 5) is 34.7. The van der Waals surface area contributed by atoms with Crippen LogP contribution >= 0.6 is 34.7 Å². The highest BCUT2D eigenvalue weighted by Crippen LogP contribution is 2.25. The molecule has 28 heavy (non-hydrogen) atoms. The molecule has 9 nitrogen and oxygen atoms in total. The molecule has 2 N–H and O–H groups in total. The molecule has 2 amide bonds. The van der Waals surface area contributed by atoms with Crippen LogP contribution in [0, 0.1) is 0 Å². The van der Waals surface area contributed by atoms with E-state index >= 15 is 0 Å². The zero-order chi connectivity index (χ0) is 20.4. The normalized spacial score (nSPS) is 10.2. The molecule has 0 saturated carbocycles. The third kappa shape index (κ3) is 8.11. The molecule has 1 heterocycles. The summed E-state index contributed by atoms with van der Waals surface area (Å²) in [7, 11) is 0. The van der Waals surface area contributed by atoms with Gasteiger partial charge in [0.15, 0.2) is 10.9 Å². The monoisotopic (exact) mass is 444 g/mol. The molecular weight excluding hydrogens is 428 g/mol. The minimum Gasteiger partial charge on any atom is -0.484 e. The number of rotatable bonds is 10. The number of ether oxygens (including phenoxy) is 2. The van der Waals surface area contributed by atoms with Crippen LogP contribution in [0.1, 0.15) is 6.92 Å². The Hall–Kier alpha value is -2.37. The predicted octanol–water partition coefficient (Wildman–Crippen LogP) is 1.98. The van der Waals surface area contributed by atoms with Gasteiger partial charge in [-0.25, -0.2) is 0 Å². The molecule has 0 bridgehead atoms. The molecule has 150 valence electrons. The van der Waals surface area contributed by atoms with Crippen molar-refractivity contribution < 1.29 is 23.9 Å². The molecule has 1 aromatic carbocycles. The fourth-order valence-electron chi connectivity index (χ4n) is 1.71. The van der Waals surface area contributed by atoms with Crippen molar-refractivity contribution in [2.45, 2.75) is 11.3 Å². The van der Waals surface area contributed by atoms with Crippen LogP contribution in [0.2, 0.25) is 5.02 Å². The maximum Gasteiger partial charge on any atom is 0.325 e. The molecule has 0 aliphatic heterocycles. The number of halogens is 1. The second-order valence-corrected chi connectivity index (χ2v) is 7.67. The Morgan fingerprint density at radius 1 is 1.18 bits per heavy atom. The highest BCUT2D eigenvalue weighted by Gasteiger charge is 2.12. The average Bonchev–Trinajstić information content (AvgIpc) is 3.12. The van der Waals surface area contributed by atoms with Crippen molar-refractivity contribution in [1.82, 2.24) is 15.5 Å². The van der Waals surface area contributed by atoms with Crippen LogP contribution in [0.25, 0.3) is 0 Å². The fraction of sp³-hybridized carbons (Fsp3) is 0.312. The molecule has 12 heteroatoms. The highest BCUT2D eigenvalue weighted by molar-refractivity contribution is 8.01. The number of hydrogen-bond acceptors (Lipinski definition) is 9. The van der Waals surface area contributed by atoms with E-state index in [9.17, 15) is 14.4 Å². The van der Waals surface area contributed by atoms with E-state index in [2.05, 4.69) is 20.8 Å². The second-order valence-electron chi connectivity index (χ2n) is 5.03. The largest absolute Gasteiger partial charge is 0.484 e. The molecule has 0 saturated heterocycles. The van der Waals surface area contributed by atoms with E-state index in [1.165, 1.54) is 0 Å². The summed E-state index contributed by atoms with van der Waals surface area (Å²) in [6.07, 6.45) is 0. The lowest BCUT2D eigenvalue weighted by Gasteiger charge is -2.05. The van der Waals surface area contributed by atoms with Gasteiger partial charge in [-0.2, -0.15) is 0 Å². The number of carbonyl (C=O) groups excluding carboxylic acids is 3. The van der Waals surface area contributed by atoms with Crippen LogP contribution in [0.15, 0.2) is 28.6 Å². The van der Waals surface area contributed by atoms with Gasteiger partial charge in [-0.3, -0.25) is 19.7 Å². The molecular formula is C16H17ClN4O5S2. The molecule has 0 radical (unpaired) electrons. The zero-order valence-electron chi connectivity index (χ0n) is 14.8. The Kier molecular flexibility index (Phi) is 8.98. The quantitative estimate of drug-likeness (QED) is 0.324. The van der Waals surface area contributed by atoms with Gasteiger partial charge in [-0.05, 0) is 31.2 Å². The maximum atomic E-state index is 11.9. The number of anilines is 1. The van der Waals surface area contributed by atoms with Gasteiger partial charge >= 0.3 is 5.97 Å². The molecule has 2 rings (SSSR count). The number of nitrogens with one attached hydrogen (secondary N) is 2. The third-order valence-corrected chi connectivity index (χ3v) is 5.12. The minimum atomic E-state index is -0.498. The Balaban J connectivity index is 1.69. The standard InChI is InChI=1S/C16H17ClN4O5S2/c1-2-25-14(24)7-18-13(23)9-27-16-21-20-15(28-16)19-12(22)8-26-11-5-3-10(17)4-6-11/h3-6H,2,7-9H2,1H3,(H,18,23)(H,19,20,22). The van der Waals surface area contributed by atoms with Crippen LogP contribution in [0.4, 0.5) is 5.13 Å². The highest BCUT2D eigenvalue weighted by atomic mass is 35.5. The van der Waals surface area contributed by atoms with Crippen molar-refractivity contribution in [3.63, 3.8) is 0 Å². The van der Waals surface area contributed by atoms with Crippen molar-refractivity contribution >= 4 is 57.6 Å². The summed E-state index contributed by atoms with van der Waals surface area (Å²) < 4.78 is 10.5. The van der Waals surface area contributed by atoms with E-state index in [0.29, 0.717) is 20.2 Å². The lowest BCUT2D eigenvalue weighted by Crippen LogP contribution is -2.31. The Morgan fingerprint density at radius 2 is 1.93 bits per heavy atom. The fourth-order valence-corrected chi connectivity index (χ4v) is 3.44. The summed E-state index contributed by atoms with van der Waals surface area (Å²) >= 11 is 8.04. The molecule has 0 unspecified atom stereocenters. The van der Waals surface area contributed by atoms with Gasteiger partial charge in [-0.15, -0.1) is 10.2 Å². The number of benzene rings is 1. The summed E-state index contributed by atoms with van der Waals surface area (Å²) in [5.74, 6) is -0.656. The number of thioether (sulfide) groups is 1. The van der Waals surface area contributed by atoms with Crippen molar-refractivity contribution in [2.24, 2.45) is 0 Å². The van der Waals surface area contributed by atoms with Crippen molar-refractivity contribution in [2.75, 3.05) is 30.8 Å².